The van der Waals surface area contributed by atoms with Gasteiger partial charge in [-0.3, -0.25) is 14.2 Å². The lowest BCUT2D eigenvalue weighted by Gasteiger charge is -2.70. The Morgan fingerprint density at radius 1 is 1.06 bits per heavy atom. The highest BCUT2D eigenvalue weighted by molar-refractivity contribution is 5.85. The number of hydrogen-bond acceptors (Lipinski definition) is 3. The van der Waals surface area contributed by atoms with Gasteiger partial charge in [0.2, 0.25) is 0 Å². The summed E-state index contributed by atoms with van der Waals surface area (Å²) < 4.78 is 18.7. The van der Waals surface area contributed by atoms with E-state index >= 15 is 0 Å². The standard InChI is InChI=1S/C29H34FN3O/c1-19-12-25-24-4-2-3-5-26(24)31-27(25)28(33(19)29-13-20(14-29)15-29)22-6-8-23(9-7-22)34-11-10-32-17-21(16-30)18-32/h2-9,19-21,28,31H,10-18H2,1H3/t19-,20?,28-,29?/m1/s1. The molecule has 34 heavy (non-hydrogen) atoms. The van der Waals surface area contributed by atoms with E-state index in [4.69, 9.17) is 4.74 Å². The van der Waals surface area contributed by atoms with E-state index in [1.807, 2.05) is 0 Å². The maximum atomic E-state index is 12.6. The summed E-state index contributed by atoms with van der Waals surface area (Å²) >= 11 is 0. The molecule has 5 aliphatic rings. The van der Waals surface area contributed by atoms with E-state index in [1.165, 1.54) is 47.0 Å². The van der Waals surface area contributed by atoms with Crippen LogP contribution < -0.4 is 4.74 Å². The van der Waals surface area contributed by atoms with E-state index in [1.54, 1.807) is 0 Å². The zero-order valence-corrected chi connectivity index (χ0v) is 20.0. The summed E-state index contributed by atoms with van der Waals surface area (Å²) in [6.45, 7) is 5.48. The Labute approximate surface area is 201 Å². The number of nitrogens with zero attached hydrogens (tertiary/aromatic N) is 2. The zero-order chi connectivity index (χ0) is 22.9. The van der Waals surface area contributed by atoms with Gasteiger partial charge >= 0.3 is 0 Å². The summed E-state index contributed by atoms with van der Waals surface area (Å²) in [6.07, 6.45) is 5.21. The average molecular weight is 460 g/mol. The van der Waals surface area contributed by atoms with Gasteiger partial charge in [0.1, 0.15) is 12.4 Å². The van der Waals surface area contributed by atoms with Gasteiger partial charge in [0.25, 0.3) is 0 Å². The summed E-state index contributed by atoms with van der Waals surface area (Å²) in [7, 11) is 0. The number of rotatable bonds is 7. The third-order valence-corrected chi connectivity index (χ3v) is 9.05. The normalized spacial score (nSPS) is 30.9. The number of fused-ring (bicyclic) bond motifs is 3. The van der Waals surface area contributed by atoms with E-state index in [2.05, 4.69) is 70.2 Å². The minimum atomic E-state index is -0.199. The molecule has 2 aliphatic heterocycles. The molecular formula is C29H34FN3O. The lowest BCUT2D eigenvalue weighted by Crippen LogP contribution is -2.71. The largest absolute Gasteiger partial charge is 0.492 e. The fourth-order valence-electron chi connectivity index (χ4n) is 7.27. The number of aromatic amines is 1. The molecule has 0 unspecified atom stereocenters. The van der Waals surface area contributed by atoms with E-state index in [9.17, 15) is 4.39 Å². The van der Waals surface area contributed by atoms with Gasteiger partial charge in [-0.1, -0.05) is 30.3 Å². The molecule has 178 valence electrons. The Hall–Kier alpha value is -2.37. The molecule has 0 amide bonds. The summed E-state index contributed by atoms with van der Waals surface area (Å²) in [5.41, 5.74) is 5.89. The van der Waals surface area contributed by atoms with Crippen LogP contribution in [0.4, 0.5) is 4.39 Å². The molecule has 1 saturated heterocycles. The first kappa shape index (κ1) is 21.0. The summed E-state index contributed by atoms with van der Waals surface area (Å²) in [5, 5.41) is 1.38. The molecule has 3 aromatic rings. The topological polar surface area (TPSA) is 31.5 Å². The molecule has 8 rings (SSSR count). The van der Waals surface area contributed by atoms with E-state index < -0.39 is 0 Å². The zero-order valence-electron chi connectivity index (χ0n) is 20.0. The monoisotopic (exact) mass is 459 g/mol. The van der Waals surface area contributed by atoms with E-state index in [0.717, 1.165) is 37.7 Å². The van der Waals surface area contributed by atoms with Gasteiger partial charge in [-0.15, -0.1) is 0 Å². The van der Waals surface area contributed by atoms with Crippen LogP contribution in [0.1, 0.15) is 49.0 Å². The van der Waals surface area contributed by atoms with Crippen LogP contribution in [0.2, 0.25) is 0 Å². The SMILES string of the molecule is C[C@@H]1Cc2c([nH]c3ccccc23)[C@@H](c2ccc(OCCN3CC(CF)C3)cc2)N1C12CC(C1)C2. The number of nitrogens with one attached hydrogen (secondary N) is 1. The Bertz CT molecular complexity index is 1180. The molecular weight excluding hydrogens is 425 g/mol. The molecule has 1 N–H and O–H groups in total. The Morgan fingerprint density at radius 2 is 1.82 bits per heavy atom. The highest BCUT2D eigenvalue weighted by Gasteiger charge is 2.63. The quantitative estimate of drug-likeness (QED) is 0.518. The van der Waals surface area contributed by atoms with Gasteiger partial charge in [0.05, 0.1) is 12.7 Å². The molecule has 3 heterocycles. The molecule has 4 nitrogen and oxygen atoms in total. The highest BCUT2D eigenvalue weighted by atomic mass is 19.1. The van der Waals surface area contributed by atoms with Crippen molar-refractivity contribution in [2.24, 2.45) is 11.8 Å². The predicted octanol–water partition coefficient (Wildman–Crippen LogP) is 5.34. The number of likely N-dealkylation sites (tertiary alicyclic amines) is 1. The number of aromatic nitrogens is 1. The Balaban J connectivity index is 1.16. The molecule has 0 spiro atoms. The number of benzene rings is 2. The fourth-order valence-corrected chi connectivity index (χ4v) is 7.27. The van der Waals surface area contributed by atoms with Crippen LogP contribution in [0.25, 0.3) is 10.9 Å². The second-order valence-electron chi connectivity index (χ2n) is 11.3. The first-order valence-electron chi connectivity index (χ1n) is 13.0. The molecule has 4 fully saturated rings. The van der Waals surface area contributed by atoms with Gasteiger partial charge in [-0.05, 0) is 67.9 Å². The number of ether oxygens (including phenoxy) is 1. The third kappa shape index (κ3) is 3.16. The second kappa shape index (κ2) is 7.82. The first-order valence-corrected chi connectivity index (χ1v) is 13.0. The van der Waals surface area contributed by atoms with Crippen LogP contribution in [0, 0.1) is 11.8 Å². The fraction of sp³-hybridized carbons (Fsp3) is 0.517. The molecule has 2 aromatic carbocycles. The van der Waals surface area contributed by atoms with Gasteiger partial charge in [0, 0.05) is 53.7 Å². The maximum absolute atomic E-state index is 12.6. The van der Waals surface area contributed by atoms with E-state index in [-0.39, 0.29) is 18.6 Å². The molecule has 2 atom stereocenters. The number of H-pyrrole nitrogens is 1. The van der Waals surface area contributed by atoms with Gasteiger partial charge in [0.15, 0.2) is 0 Å². The Kier molecular flexibility index (Phi) is 4.82. The number of alkyl halides is 1. The first-order chi connectivity index (χ1) is 16.6. The average Bonchev–Trinajstić information content (AvgIpc) is 3.12. The van der Waals surface area contributed by atoms with Crippen molar-refractivity contribution in [1.29, 1.82) is 0 Å². The molecule has 5 heteroatoms. The van der Waals surface area contributed by atoms with Crippen LogP contribution in [0.15, 0.2) is 48.5 Å². The minimum Gasteiger partial charge on any atom is -0.492 e. The van der Waals surface area contributed by atoms with Gasteiger partial charge in [-0.25, -0.2) is 0 Å². The molecule has 0 radical (unpaired) electrons. The van der Waals surface area contributed by atoms with Crippen molar-refractivity contribution in [2.75, 3.05) is 32.9 Å². The summed E-state index contributed by atoms with van der Waals surface area (Å²) in [5.74, 6) is 2.11. The highest BCUT2D eigenvalue weighted by Crippen LogP contribution is 2.64. The lowest BCUT2D eigenvalue weighted by atomic mass is 9.48. The van der Waals surface area contributed by atoms with Gasteiger partial charge < -0.3 is 9.72 Å². The van der Waals surface area contributed by atoms with Crippen molar-refractivity contribution in [3.05, 3.63) is 65.4 Å². The lowest BCUT2D eigenvalue weighted by molar-refractivity contribution is -0.174. The summed E-state index contributed by atoms with van der Waals surface area (Å²) in [6, 6.07) is 18.4. The van der Waals surface area contributed by atoms with Crippen molar-refractivity contribution in [3.8, 4) is 5.75 Å². The van der Waals surface area contributed by atoms with Crippen molar-refractivity contribution < 1.29 is 9.13 Å². The van der Waals surface area contributed by atoms with Crippen LogP contribution in [0.3, 0.4) is 0 Å². The van der Waals surface area contributed by atoms with Crippen molar-refractivity contribution in [2.45, 2.75) is 50.2 Å². The van der Waals surface area contributed by atoms with Gasteiger partial charge in [-0.2, -0.15) is 0 Å². The maximum Gasteiger partial charge on any atom is 0.119 e. The number of halogens is 1. The predicted molar refractivity (Wildman–Crippen MR) is 133 cm³/mol. The molecule has 2 bridgehead atoms. The van der Waals surface area contributed by atoms with E-state index in [0.29, 0.717) is 18.2 Å². The van der Waals surface area contributed by atoms with Crippen LogP contribution in [-0.2, 0) is 6.42 Å². The third-order valence-electron chi connectivity index (χ3n) is 9.05. The van der Waals surface area contributed by atoms with Crippen LogP contribution in [-0.4, -0.2) is 59.3 Å². The summed E-state index contributed by atoms with van der Waals surface area (Å²) in [4.78, 5) is 8.95. The number of hydrogen-bond donors (Lipinski definition) is 1. The molecule has 3 saturated carbocycles. The molecule has 1 aromatic heterocycles. The second-order valence-corrected chi connectivity index (χ2v) is 11.3. The number of para-hydroxylation sites is 1. The van der Waals surface area contributed by atoms with Crippen LogP contribution in [0.5, 0.6) is 5.75 Å². The van der Waals surface area contributed by atoms with Crippen molar-refractivity contribution in [3.63, 3.8) is 0 Å². The smallest absolute Gasteiger partial charge is 0.119 e. The minimum absolute atomic E-state index is 0.199. The van der Waals surface area contributed by atoms with Crippen molar-refractivity contribution >= 4 is 10.9 Å². The Morgan fingerprint density at radius 3 is 2.53 bits per heavy atom. The van der Waals surface area contributed by atoms with Crippen LogP contribution >= 0.6 is 0 Å². The molecule has 3 aliphatic carbocycles. The van der Waals surface area contributed by atoms with Crippen molar-refractivity contribution in [1.82, 2.24) is 14.8 Å².